The first-order chi connectivity index (χ1) is 9.85. The van der Waals surface area contributed by atoms with Crippen LogP contribution in [-0.2, 0) is 0 Å². The van der Waals surface area contributed by atoms with Gasteiger partial charge in [0.1, 0.15) is 5.75 Å². The van der Waals surface area contributed by atoms with Crippen molar-refractivity contribution in [3.63, 3.8) is 0 Å². The maximum Gasteiger partial charge on any atom is 0.479 e. The quantitative estimate of drug-likeness (QED) is 0.667. The van der Waals surface area contributed by atoms with Crippen LogP contribution < -0.4 is 8.92 Å². The fraction of sp³-hybridized carbons (Fsp3) is 0.500. The van der Waals surface area contributed by atoms with E-state index in [1.165, 1.54) is 0 Å². The minimum atomic E-state index is -4.70. The molecule has 0 atom stereocenters. The molecule has 3 nitrogen and oxygen atoms in total. The Morgan fingerprint density at radius 2 is 1.81 bits per heavy atom. The molecule has 1 aliphatic carbocycles. The second kappa shape index (κ2) is 7.69. The molecular weight excluding hydrogens is 319 g/mol. The number of halogens is 5. The van der Waals surface area contributed by atoms with Crippen molar-refractivity contribution >= 4 is 12.0 Å². The predicted octanol–water partition coefficient (Wildman–Crippen LogP) is 4.05. The summed E-state index contributed by atoms with van der Waals surface area (Å²) in [7, 11) is 1.00. The number of benzene rings is 1. The van der Waals surface area contributed by atoms with E-state index in [1.807, 2.05) is 0 Å². The number of aliphatic hydroxyl groups is 1. The van der Waals surface area contributed by atoms with Crippen LogP contribution >= 0.6 is 12.0 Å². The van der Waals surface area contributed by atoms with E-state index in [2.05, 4.69) is 4.18 Å². The van der Waals surface area contributed by atoms with E-state index in [1.54, 1.807) is 0 Å². The third-order valence-electron chi connectivity index (χ3n) is 2.55. The summed E-state index contributed by atoms with van der Waals surface area (Å²) in [5.41, 5.74) is -4.70. The number of ether oxygens (including phenoxy) is 1. The third-order valence-corrected chi connectivity index (χ3v) is 3.00. The highest BCUT2D eigenvalue weighted by molar-refractivity contribution is 7.95. The lowest BCUT2D eigenvalue weighted by atomic mass is 9.96. The molecule has 1 N–H and O–H groups in total. The number of hydrogen-bond donors (Lipinski definition) is 1. The normalized spacial score (nSPS) is 14.8. The molecule has 21 heavy (non-hydrogen) atoms. The van der Waals surface area contributed by atoms with Crippen molar-refractivity contribution in [3.8, 4) is 11.5 Å². The van der Waals surface area contributed by atoms with Crippen molar-refractivity contribution < 1.29 is 36.0 Å². The van der Waals surface area contributed by atoms with Crippen LogP contribution in [0.3, 0.4) is 0 Å². The van der Waals surface area contributed by atoms with Crippen molar-refractivity contribution in [3.05, 3.63) is 23.8 Å². The Kier molecular flexibility index (Phi) is 6.53. The number of hydrogen-bond acceptors (Lipinski definition) is 4. The lowest BCUT2D eigenvalue weighted by molar-refractivity contribution is -0.0370. The van der Waals surface area contributed by atoms with E-state index in [0.29, 0.717) is 0 Å². The van der Waals surface area contributed by atoms with E-state index in [4.69, 9.17) is 9.84 Å². The lowest BCUT2D eigenvalue weighted by Crippen LogP contribution is -2.24. The number of rotatable bonds is 4. The Morgan fingerprint density at radius 1 is 1.19 bits per heavy atom. The Morgan fingerprint density at radius 3 is 2.29 bits per heavy atom. The molecule has 0 amide bonds. The Labute approximate surface area is 122 Å². The summed E-state index contributed by atoms with van der Waals surface area (Å²) in [4.78, 5) is 0. The molecule has 1 aromatic carbocycles. The lowest BCUT2D eigenvalue weighted by Gasteiger charge is -2.26. The molecule has 0 unspecified atom stereocenters. The predicted molar refractivity (Wildman–Crippen MR) is 67.0 cm³/mol. The van der Waals surface area contributed by atoms with Crippen LogP contribution in [0.1, 0.15) is 19.3 Å². The van der Waals surface area contributed by atoms with Gasteiger partial charge in [0.15, 0.2) is 23.6 Å². The van der Waals surface area contributed by atoms with Gasteiger partial charge in [0.25, 0.3) is 0 Å². The summed E-state index contributed by atoms with van der Waals surface area (Å²) < 4.78 is 71.7. The van der Waals surface area contributed by atoms with Gasteiger partial charge in [-0.2, -0.15) is 17.6 Å². The number of alkyl halides is 3. The highest BCUT2D eigenvalue weighted by atomic mass is 32.2. The molecule has 1 aliphatic rings. The highest BCUT2D eigenvalue weighted by Gasteiger charge is 2.32. The van der Waals surface area contributed by atoms with Gasteiger partial charge in [0.2, 0.25) is 5.82 Å². The highest BCUT2D eigenvalue weighted by Crippen LogP contribution is 2.36. The van der Waals surface area contributed by atoms with Crippen LogP contribution in [0.2, 0.25) is 0 Å². The van der Waals surface area contributed by atoms with Gasteiger partial charge < -0.3 is 14.0 Å². The molecule has 1 aromatic rings. The first kappa shape index (κ1) is 17.8. The fourth-order valence-electron chi connectivity index (χ4n) is 1.44. The Bertz CT molecular complexity index is 463. The molecule has 2 rings (SSSR count). The zero-order valence-corrected chi connectivity index (χ0v) is 11.7. The van der Waals surface area contributed by atoms with Crippen LogP contribution in [0.15, 0.2) is 12.1 Å². The zero-order chi connectivity index (χ0) is 16.0. The molecular formula is C12H13F5O3S. The molecule has 9 heteroatoms. The maximum absolute atomic E-state index is 13.3. The van der Waals surface area contributed by atoms with Gasteiger partial charge in [-0.05, 0) is 19.3 Å². The van der Waals surface area contributed by atoms with E-state index in [-0.39, 0.29) is 11.9 Å². The van der Waals surface area contributed by atoms with Gasteiger partial charge in [-0.1, -0.05) is 0 Å². The molecule has 0 aliphatic heterocycles. The molecule has 0 bridgehead atoms. The van der Waals surface area contributed by atoms with Gasteiger partial charge in [-0.25, -0.2) is 4.39 Å². The van der Waals surface area contributed by atoms with E-state index >= 15 is 0 Å². The van der Waals surface area contributed by atoms with Crippen molar-refractivity contribution in [1.82, 2.24) is 0 Å². The first-order valence-electron chi connectivity index (χ1n) is 5.88. The van der Waals surface area contributed by atoms with E-state index in [9.17, 15) is 22.0 Å². The summed E-state index contributed by atoms with van der Waals surface area (Å²) in [6.45, 7) is 0. The van der Waals surface area contributed by atoms with E-state index in [0.717, 1.165) is 38.5 Å². The molecule has 1 saturated carbocycles. The topological polar surface area (TPSA) is 38.7 Å². The van der Waals surface area contributed by atoms with Crippen molar-refractivity contribution in [2.75, 3.05) is 7.11 Å². The van der Waals surface area contributed by atoms with Gasteiger partial charge in [-0.15, -0.1) is 0 Å². The average molecular weight is 332 g/mol. The van der Waals surface area contributed by atoms with Crippen LogP contribution in [0.4, 0.5) is 22.0 Å². The smallest absolute Gasteiger partial charge is 0.479 e. The van der Waals surface area contributed by atoms with Crippen LogP contribution in [0.5, 0.6) is 11.5 Å². The molecule has 0 spiro atoms. The third kappa shape index (κ3) is 5.58. The summed E-state index contributed by atoms with van der Waals surface area (Å²) in [5.74, 6) is -3.66. The van der Waals surface area contributed by atoms with Crippen molar-refractivity contribution in [2.45, 2.75) is 30.9 Å². The SMILES string of the molecule is CO.Fc1cc(OC2CCC2)cc(OSC(F)(F)F)c1F. The van der Waals surface area contributed by atoms with Gasteiger partial charge in [0, 0.05) is 19.2 Å². The standard InChI is InChI=1S/C11H9F5O2S.CH4O/c12-8-4-7(17-6-2-1-3-6)5-9(10(8)13)18-19-11(14,15)16;1-2/h4-6H,1-3H2;2H,1H3. The molecule has 0 aromatic heterocycles. The van der Waals surface area contributed by atoms with Crippen LogP contribution in [-0.4, -0.2) is 23.8 Å². The molecule has 0 saturated heterocycles. The largest absolute Gasteiger partial charge is 0.490 e. The minimum Gasteiger partial charge on any atom is -0.490 e. The van der Waals surface area contributed by atoms with Crippen LogP contribution in [0.25, 0.3) is 0 Å². The molecule has 1 fully saturated rings. The van der Waals surface area contributed by atoms with Crippen molar-refractivity contribution in [2.24, 2.45) is 0 Å². The Hall–Kier alpha value is -1.22. The summed E-state index contributed by atoms with van der Waals surface area (Å²) >= 11 is -0.905. The molecule has 120 valence electrons. The second-order valence-corrected chi connectivity index (χ2v) is 4.80. The summed E-state index contributed by atoms with van der Waals surface area (Å²) in [5, 5.41) is 7.00. The summed E-state index contributed by atoms with van der Waals surface area (Å²) in [6, 6.07) is 1.70. The van der Waals surface area contributed by atoms with Crippen LogP contribution in [0, 0.1) is 11.6 Å². The maximum atomic E-state index is 13.3. The van der Waals surface area contributed by atoms with Gasteiger partial charge in [0.05, 0.1) is 6.10 Å². The second-order valence-electron chi connectivity index (χ2n) is 4.00. The van der Waals surface area contributed by atoms with Crippen molar-refractivity contribution in [1.29, 1.82) is 0 Å². The molecule has 0 radical (unpaired) electrons. The van der Waals surface area contributed by atoms with E-state index < -0.39 is 34.9 Å². The first-order valence-corrected chi connectivity index (χ1v) is 6.62. The monoisotopic (exact) mass is 332 g/mol. The molecule has 0 heterocycles. The Balaban J connectivity index is 0.00000106. The fourth-order valence-corrected chi connectivity index (χ4v) is 1.75. The number of aliphatic hydroxyl groups excluding tert-OH is 1. The average Bonchev–Trinajstić information content (AvgIpc) is 2.37. The summed E-state index contributed by atoms with van der Waals surface area (Å²) in [6.07, 6.45) is 2.44. The minimum absolute atomic E-state index is 0.0404. The van der Waals surface area contributed by atoms with Gasteiger partial charge in [-0.3, -0.25) is 0 Å². The zero-order valence-electron chi connectivity index (χ0n) is 10.9. The van der Waals surface area contributed by atoms with Gasteiger partial charge >= 0.3 is 5.51 Å².